The Bertz CT molecular complexity index is 729. The van der Waals surface area contributed by atoms with E-state index in [1.54, 1.807) is 0 Å². The highest BCUT2D eigenvalue weighted by Gasteiger charge is 2.15. The summed E-state index contributed by atoms with van der Waals surface area (Å²) in [5.41, 5.74) is 0.676. The molecule has 0 aliphatic carbocycles. The molecule has 0 unspecified atom stereocenters. The predicted molar refractivity (Wildman–Crippen MR) is 108 cm³/mol. The molecule has 1 aromatic carbocycles. The Labute approximate surface area is 161 Å². The number of hydrogen-bond donors (Lipinski definition) is 2. The van der Waals surface area contributed by atoms with Gasteiger partial charge in [-0.3, -0.25) is 4.79 Å². The van der Waals surface area contributed by atoms with Gasteiger partial charge in [-0.2, -0.15) is 0 Å². The summed E-state index contributed by atoms with van der Waals surface area (Å²) >= 11 is 2.22. The molecule has 1 aliphatic heterocycles. The van der Waals surface area contributed by atoms with Crippen LogP contribution in [0.4, 0.5) is 11.6 Å². The zero-order valence-corrected chi connectivity index (χ0v) is 16.4. The fourth-order valence-corrected chi connectivity index (χ4v) is 3.18. The number of amides is 1. The summed E-state index contributed by atoms with van der Waals surface area (Å²) in [6.07, 6.45) is 2.44. The Kier molecular flexibility index (Phi) is 6.06. The lowest BCUT2D eigenvalue weighted by Gasteiger charge is -2.17. The minimum atomic E-state index is -0.0603. The van der Waals surface area contributed by atoms with Crippen molar-refractivity contribution < 1.29 is 4.79 Å². The average molecular weight is 451 g/mol. The third-order valence-corrected chi connectivity index (χ3v) is 4.80. The third-order valence-electron chi connectivity index (χ3n) is 4.08. The van der Waals surface area contributed by atoms with Gasteiger partial charge in [-0.15, -0.1) is 0 Å². The van der Waals surface area contributed by atoms with E-state index < -0.39 is 0 Å². The van der Waals surface area contributed by atoms with Gasteiger partial charge in [0.2, 0.25) is 0 Å². The molecule has 2 aromatic rings. The first-order chi connectivity index (χ1) is 12.1. The van der Waals surface area contributed by atoms with E-state index in [4.69, 9.17) is 0 Å². The minimum absolute atomic E-state index is 0.0603. The van der Waals surface area contributed by atoms with Crippen molar-refractivity contribution >= 4 is 40.1 Å². The molecule has 7 heteroatoms. The molecule has 25 heavy (non-hydrogen) atoms. The molecule has 6 nitrogen and oxygen atoms in total. The van der Waals surface area contributed by atoms with Crippen LogP contribution in [-0.4, -0.2) is 42.1 Å². The van der Waals surface area contributed by atoms with Gasteiger partial charge in [0.05, 0.1) is 0 Å². The van der Waals surface area contributed by atoms with Gasteiger partial charge in [0.25, 0.3) is 5.91 Å². The first-order valence-electron chi connectivity index (χ1n) is 8.50. The molecule has 0 spiro atoms. The van der Waals surface area contributed by atoms with Gasteiger partial charge in [0.15, 0.2) is 0 Å². The number of rotatable bonds is 6. The van der Waals surface area contributed by atoms with Crippen molar-refractivity contribution in [1.29, 1.82) is 0 Å². The number of aromatic nitrogens is 2. The van der Waals surface area contributed by atoms with Gasteiger partial charge in [0.1, 0.15) is 17.5 Å². The van der Waals surface area contributed by atoms with E-state index in [1.165, 1.54) is 12.8 Å². The van der Waals surface area contributed by atoms with E-state index in [0.29, 0.717) is 18.7 Å². The first-order valence-corrected chi connectivity index (χ1v) is 9.58. The molecule has 0 radical (unpaired) electrons. The van der Waals surface area contributed by atoms with Gasteiger partial charge >= 0.3 is 0 Å². The number of halogens is 1. The first kappa shape index (κ1) is 17.9. The number of nitrogens with one attached hydrogen (secondary N) is 2. The summed E-state index contributed by atoms with van der Waals surface area (Å²) in [5, 5.41) is 6.19. The molecule has 2 heterocycles. The van der Waals surface area contributed by atoms with Crippen LogP contribution >= 0.6 is 22.6 Å². The normalized spacial score (nSPS) is 13.8. The summed E-state index contributed by atoms with van der Waals surface area (Å²) < 4.78 is 1.11. The zero-order chi connectivity index (χ0) is 17.6. The molecule has 1 aliphatic rings. The molecule has 2 N–H and O–H groups in total. The van der Waals surface area contributed by atoms with Crippen molar-refractivity contribution in [2.75, 3.05) is 36.4 Å². The molecule has 0 saturated carbocycles. The van der Waals surface area contributed by atoms with Gasteiger partial charge in [0, 0.05) is 41.4 Å². The van der Waals surface area contributed by atoms with E-state index in [2.05, 4.69) is 48.1 Å². The van der Waals surface area contributed by atoms with Crippen LogP contribution in [0, 0.1) is 10.5 Å². The number of nitrogens with zero attached hydrogens (tertiary/aromatic N) is 3. The Hall–Kier alpha value is -1.90. The molecule has 1 fully saturated rings. The number of anilines is 2. The second-order valence-corrected chi connectivity index (χ2v) is 7.29. The lowest BCUT2D eigenvalue weighted by Crippen LogP contribution is -2.29. The molecule has 132 valence electrons. The monoisotopic (exact) mass is 451 g/mol. The molecule has 0 bridgehead atoms. The van der Waals surface area contributed by atoms with E-state index in [9.17, 15) is 4.79 Å². The molecule has 1 saturated heterocycles. The average Bonchev–Trinajstić information content (AvgIpc) is 3.13. The number of aryl methyl sites for hydroxylation is 1. The molecule has 0 atom stereocenters. The quantitative estimate of drug-likeness (QED) is 0.522. The van der Waals surface area contributed by atoms with Crippen molar-refractivity contribution in [1.82, 2.24) is 15.3 Å². The lowest BCUT2D eigenvalue weighted by atomic mass is 10.2. The van der Waals surface area contributed by atoms with E-state index in [0.717, 1.165) is 34.1 Å². The zero-order valence-electron chi connectivity index (χ0n) is 14.3. The Morgan fingerprint density at radius 2 is 1.88 bits per heavy atom. The summed E-state index contributed by atoms with van der Waals surface area (Å²) in [5.74, 6) is 2.48. The summed E-state index contributed by atoms with van der Waals surface area (Å²) in [4.78, 5) is 23.3. The van der Waals surface area contributed by atoms with Crippen LogP contribution in [-0.2, 0) is 0 Å². The van der Waals surface area contributed by atoms with Gasteiger partial charge in [-0.1, -0.05) is 0 Å². The van der Waals surface area contributed by atoms with Gasteiger partial charge < -0.3 is 15.5 Å². The highest BCUT2D eigenvalue weighted by Crippen LogP contribution is 2.20. The van der Waals surface area contributed by atoms with E-state index in [-0.39, 0.29) is 5.91 Å². The highest BCUT2D eigenvalue weighted by molar-refractivity contribution is 14.1. The fourth-order valence-electron chi connectivity index (χ4n) is 2.82. The van der Waals surface area contributed by atoms with E-state index in [1.807, 2.05) is 37.3 Å². The number of carbonyl (C=O) groups is 1. The largest absolute Gasteiger partial charge is 0.368 e. The van der Waals surface area contributed by atoms with Crippen LogP contribution in [0.25, 0.3) is 0 Å². The van der Waals surface area contributed by atoms with Crippen LogP contribution < -0.4 is 15.5 Å². The molecular weight excluding hydrogens is 429 g/mol. The number of carbonyl (C=O) groups excluding carboxylic acids is 1. The summed E-state index contributed by atoms with van der Waals surface area (Å²) in [6, 6.07) is 9.51. The van der Waals surface area contributed by atoms with E-state index >= 15 is 0 Å². The van der Waals surface area contributed by atoms with Crippen molar-refractivity contribution in [3.05, 3.63) is 45.3 Å². The summed E-state index contributed by atoms with van der Waals surface area (Å²) in [6.45, 7) is 5.17. The fraction of sp³-hybridized carbons (Fsp3) is 0.389. The minimum Gasteiger partial charge on any atom is -0.368 e. The molecule has 3 rings (SSSR count). The Balaban J connectivity index is 1.50. The second kappa shape index (κ2) is 8.46. The van der Waals surface area contributed by atoms with Gasteiger partial charge in [-0.25, -0.2) is 9.97 Å². The molecule has 1 amide bonds. The van der Waals surface area contributed by atoms with Crippen LogP contribution in [0.15, 0.2) is 30.3 Å². The van der Waals surface area contributed by atoms with Crippen molar-refractivity contribution in [3.63, 3.8) is 0 Å². The molecular formula is C18H22IN5O. The van der Waals surface area contributed by atoms with Gasteiger partial charge in [-0.05, 0) is 66.6 Å². The summed E-state index contributed by atoms with van der Waals surface area (Å²) in [7, 11) is 0. The van der Waals surface area contributed by atoms with Crippen molar-refractivity contribution in [2.24, 2.45) is 0 Å². The van der Waals surface area contributed by atoms with Crippen LogP contribution in [0.3, 0.4) is 0 Å². The Morgan fingerprint density at radius 3 is 2.60 bits per heavy atom. The maximum Gasteiger partial charge on any atom is 0.251 e. The van der Waals surface area contributed by atoms with Crippen molar-refractivity contribution in [2.45, 2.75) is 19.8 Å². The van der Waals surface area contributed by atoms with Crippen molar-refractivity contribution in [3.8, 4) is 0 Å². The topological polar surface area (TPSA) is 70.2 Å². The third kappa shape index (κ3) is 5.04. The second-order valence-electron chi connectivity index (χ2n) is 6.04. The smallest absolute Gasteiger partial charge is 0.251 e. The van der Waals surface area contributed by atoms with Crippen LogP contribution in [0.1, 0.15) is 29.0 Å². The maximum atomic E-state index is 12.1. The highest BCUT2D eigenvalue weighted by atomic mass is 127. The maximum absolute atomic E-state index is 12.1. The lowest BCUT2D eigenvalue weighted by molar-refractivity contribution is 0.0955. The Morgan fingerprint density at radius 1 is 1.16 bits per heavy atom. The van der Waals surface area contributed by atoms with Crippen LogP contribution in [0.2, 0.25) is 0 Å². The van der Waals surface area contributed by atoms with Crippen LogP contribution in [0.5, 0.6) is 0 Å². The standard InChI is InChI=1S/C18H22IN5O/c1-13-22-16(12-17(23-13)24-10-2-3-11-24)20-8-9-21-18(25)14-4-6-15(19)7-5-14/h4-7,12H,2-3,8-11H2,1H3,(H,21,25)(H,20,22,23). The SMILES string of the molecule is Cc1nc(NCCNC(=O)c2ccc(I)cc2)cc(N2CCCC2)n1. The molecule has 1 aromatic heterocycles. The predicted octanol–water partition coefficient (Wildman–Crippen LogP) is 2.83. The number of hydrogen-bond acceptors (Lipinski definition) is 5. The number of benzene rings is 1.